The van der Waals surface area contributed by atoms with Gasteiger partial charge in [0.1, 0.15) is 0 Å². The Hall–Kier alpha value is -1.84. The lowest BCUT2D eigenvalue weighted by molar-refractivity contribution is 0.0600. The number of rotatable bonds is 5. The summed E-state index contributed by atoms with van der Waals surface area (Å²) in [6.07, 6.45) is 0. The quantitative estimate of drug-likeness (QED) is 0.457. The van der Waals surface area contributed by atoms with E-state index in [1.165, 1.54) is 7.11 Å². The summed E-state index contributed by atoms with van der Waals surface area (Å²) in [6, 6.07) is 5.51. The van der Waals surface area contributed by atoms with Gasteiger partial charge in [-0.15, -0.1) is 0 Å². The van der Waals surface area contributed by atoms with E-state index in [9.17, 15) is 4.79 Å². The highest BCUT2D eigenvalue weighted by molar-refractivity contribution is 5.92. The number of anilines is 1. The van der Waals surface area contributed by atoms with E-state index in [-0.39, 0.29) is 5.97 Å². The zero-order chi connectivity index (χ0) is 13.7. The van der Waals surface area contributed by atoms with Gasteiger partial charge in [-0.3, -0.25) is 5.01 Å². The molecule has 0 aliphatic heterocycles. The standard InChI is InChI=1S/C14H20N2O2/c1-10(2)9-16(15-4)13-8-6-7-12(11(13)3)14(17)18-5/h6-8,10H,4,9H2,1-3,5H3. The van der Waals surface area contributed by atoms with Crippen molar-refractivity contribution in [2.45, 2.75) is 20.8 Å². The van der Waals surface area contributed by atoms with Crippen molar-refractivity contribution in [2.24, 2.45) is 11.0 Å². The SMILES string of the molecule is C=NN(CC(C)C)c1cccc(C(=O)OC)c1C. The fourth-order valence-corrected chi connectivity index (χ4v) is 1.81. The molecule has 0 unspecified atom stereocenters. The molecule has 0 atom stereocenters. The summed E-state index contributed by atoms with van der Waals surface area (Å²) in [7, 11) is 1.38. The summed E-state index contributed by atoms with van der Waals surface area (Å²) in [5.74, 6) is 0.125. The average Bonchev–Trinajstić information content (AvgIpc) is 2.35. The number of carbonyl (C=O) groups excluding carboxylic acids is 1. The van der Waals surface area contributed by atoms with Gasteiger partial charge >= 0.3 is 5.97 Å². The first kappa shape index (κ1) is 14.2. The molecule has 0 saturated heterocycles. The largest absolute Gasteiger partial charge is 0.465 e. The second kappa shape index (κ2) is 6.19. The zero-order valence-electron chi connectivity index (χ0n) is 11.4. The summed E-state index contributed by atoms with van der Waals surface area (Å²) in [5, 5.41) is 5.83. The summed E-state index contributed by atoms with van der Waals surface area (Å²) < 4.78 is 4.76. The lowest BCUT2D eigenvalue weighted by Crippen LogP contribution is -2.22. The minimum absolute atomic E-state index is 0.331. The molecule has 0 amide bonds. The Labute approximate surface area is 108 Å². The Morgan fingerprint density at radius 2 is 2.17 bits per heavy atom. The Kier molecular flexibility index (Phi) is 4.89. The first-order valence-corrected chi connectivity index (χ1v) is 5.93. The van der Waals surface area contributed by atoms with Crippen LogP contribution >= 0.6 is 0 Å². The van der Waals surface area contributed by atoms with Crippen molar-refractivity contribution in [3.63, 3.8) is 0 Å². The number of carbonyl (C=O) groups is 1. The van der Waals surface area contributed by atoms with Gasteiger partial charge in [0.05, 0.1) is 18.4 Å². The van der Waals surface area contributed by atoms with Crippen molar-refractivity contribution in [1.29, 1.82) is 0 Å². The first-order valence-electron chi connectivity index (χ1n) is 5.93. The third-order valence-corrected chi connectivity index (χ3v) is 2.70. The molecular formula is C14H20N2O2. The van der Waals surface area contributed by atoms with Gasteiger partial charge in [0, 0.05) is 13.3 Å². The van der Waals surface area contributed by atoms with E-state index in [1.54, 1.807) is 6.07 Å². The van der Waals surface area contributed by atoms with Crippen LogP contribution in [0.3, 0.4) is 0 Å². The van der Waals surface area contributed by atoms with Crippen LogP contribution in [-0.2, 0) is 4.74 Å². The van der Waals surface area contributed by atoms with Gasteiger partial charge in [-0.2, -0.15) is 5.10 Å². The zero-order valence-corrected chi connectivity index (χ0v) is 11.4. The number of benzene rings is 1. The van der Waals surface area contributed by atoms with Crippen LogP contribution in [0.1, 0.15) is 29.8 Å². The Bertz CT molecular complexity index is 441. The maximum absolute atomic E-state index is 11.6. The van der Waals surface area contributed by atoms with Gasteiger partial charge in [-0.25, -0.2) is 4.79 Å². The van der Waals surface area contributed by atoms with Crippen LogP contribution in [-0.4, -0.2) is 26.3 Å². The van der Waals surface area contributed by atoms with E-state index in [0.29, 0.717) is 11.5 Å². The Balaban J connectivity index is 3.16. The van der Waals surface area contributed by atoms with E-state index in [4.69, 9.17) is 4.74 Å². The number of hydrogen-bond acceptors (Lipinski definition) is 4. The molecule has 1 aromatic carbocycles. The second-order valence-corrected chi connectivity index (χ2v) is 4.56. The molecule has 0 spiro atoms. The number of methoxy groups -OCH3 is 1. The van der Waals surface area contributed by atoms with Crippen LogP contribution in [0.2, 0.25) is 0 Å². The molecular weight excluding hydrogens is 228 g/mol. The molecule has 0 fully saturated rings. The van der Waals surface area contributed by atoms with Gasteiger partial charge in [0.15, 0.2) is 0 Å². The van der Waals surface area contributed by atoms with E-state index in [0.717, 1.165) is 17.8 Å². The summed E-state index contributed by atoms with van der Waals surface area (Å²) in [4.78, 5) is 11.6. The third-order valence-electron chi connectivity index (χ3n) is 2.70. The van der Waals surface area contributed by atoms with E-state index in [2.05, 4.69) is 25.7 Å². The molecule has 0 radical (unpaired) electrons. The monoisotopic (exact) mass is 248 g/mol. The van der Waals surface area contributed by atoms with Crippen LogP contribution in [0.4, 0.5) is 5.69 Å². The fourth-order valence-electron chi connectivity index (χ4n) is 1.81. The smallest absolute Gasteiger partial charge is 0.338 e. The second-order valence-electron chi connectivity index (χ2n) is 4.56. The number of hydrazone groups is 1. The third kappa shape index (κ3) is 3.09. The minimum Gasteiger partial charge on any atom is -0.465 e. The molecule has 0 aliphatic rings. The molecule has 0 aromatic heterocycles. The van der Waals surface area contributed by atoms with Crippen LogP contribution in [0.15, 0.2) is 23.3 Å². The van der Waals surface area contributed by atoms with Crippen LogP contribution in [0.5, 0.6) is 0 Å². The van der Waals surface area contributed by atoms with Crippen molar-refractivity contribution < 1.29 is 9.53 Å². The van der Waals surface area contributed by atoms with Crippen molar-refractivity contribution in [2.75, 3.05) is 18.7 Å². The molecule has 4 heteroatoms. The van der Waals surface area contributed by atoms with Gasteiger partial charge in [-0.1, -0.05) is 19.9 Å². The molecule has 1 aromatic rings. The number of nitrogens with zero attached hydrogens (tertiary/aromatic N) is 2. The molecule has 0 saturated carbocycles. The Morgan fingerprint density at radius 1 is 1.50 bits per heavy atom. The number of esters is 1. The highest BCUT2D eigenvalue weighted by Gasteiger charge is 2.15. The summed E-state index contributed by atoms with van der Waals surface area (Å²) >= 11 is 0. The molecule has 4 nitrogen and oxygen atoms in total. The predicted molar refractivity (Wildman–Crippen MR) is 74.3 cm³/mol. The van der Waals surface area contributed by atoms with Gasteiger partial charge in [-0.05, 0) is 30.5 Å². The van der Waals surface area contributed by atoms with Gasteiger partial charge < -0.3 is 4.74 Å². The molecule has 0 N–H and O–H groups in total. The summed E-state index contributed by atoms with van der Waals surface area (Å²) in [5.41, 5.74) is 2.31. The van der Waals surface area contributed by atoms with E-state index in [1.807, 2.05) is 24.1 Å². The topological polar surface area (TPSA) is 41.9 Å². The lowest BCUT2D eigenvalue weighted by atomic mass is 10.1. The van der Waals surface area contributed by atoms with Crippen LogP contribution < -0.4 is 5.01 Å². The number of hydrogen-bond donors (Lipinski definition) is 0. The van der Waals surface area contributed by atoms with Gasteiger partial charge in [0.2, 0.25) is 0 Å². The van der Waals surface area contributed by atoms with Crippen molar-refractivity contribution in [1.82, 2.24) is 0 Å². The van der Waals surface area contributed by atoms with E-state index >= 15 is 0 Å². The van der Waals surface area contributed by atoms with Crippen LogP contribution in [0.25, 0.3) is 0 Å². The molecule has 0 bridgehead atoms. The van der Waals surface area contributed by atoms with Crippen molar-refractivity contribution >= 4 is 18.4 Å². The average molecular weight is 248 g/mol. The summed E-state index contributed by atoms with van der Waals surface area (Å²) in [6.45, 7) is 10.5. The normalized spacial score (nSPS) is 10.3. The van der Waals surface area contributed by atoms with Crippen LogP contribution in [0, 0.1) is 12.8 Å². The molecule has 18 heavy (non-hydrogen) atoms. The van der Waals surface area contributed by atoms with Crippen molar-refractivity contribution in [3.05, 3.63) is 29.3 Å². The molecule has 1 rings (SSSR count). The van der Waals surface area contributed by atoms with E-state index < -0.39 is 0 Å². The number of ether oxygens (including phenoxy) is 1. The highest BCUT2D eigenvalue weighted by Crippen LogP contribution is 2.24. The van der Waals surface area contributed by atoms with Gasteiger partial charge in [0.25, 0.3) is 0 Å². The fraction of sp³-hybridized carbons (Fsp3) is 0.429. The molecule has 98 valence electrons. The minimum atomic E-state index is -0.331. The van der Waals surface area contributed by atoms with Crippen molar-refractivity contribution in [3.8, 4) is 0 Å². The molecule has 0 aliphatic carbocycles. The maximum atomic E-state index is 11.6. The first-order chi connectivity index (χ1) is 8.51. The predicted octanol–water partition coefficient (Wildman–Crippen LogP) is 2.86. The Morgan fingerprint density at radius 3 is 2.67 bits per heavy atom. The lowest BCUT2D eigenvalue weighted by Gasteiger charge is -2.23. The molecule has 0 heterocycles. The maximum Gasteiger partial charge on any atom is 0.338 e. The highest BCUT2D eigenvalue weighted by atomic mass is 16.5.